The van der Waals surface area contributed by atoms with Crippen LogP contribution in [0, 0.1) is 0 Å². The molecule has 1 aromatic rings. The maximum Gasteiger partial charge on any atom is 0.0898 e. The van der Waals surface area contributed by atoms with Gasteiger partial charge in [0, 0.05) is 17.5 Å². The third-order valence-corrected chi connectivity index (χ3v) is 3.39. The van der Waals surface area contributed by atoms with Gasteiger partial charge in [0.25, 0.3) is 0 Å². The molecular weight excluding hydrogens is 234 g/mol. The van der Waals surface area contributed by atoms with Crippen molar-refractivity contribution in [2.24, 2.45) is 0 Å². The Hall–Kier alpha value is -0.420. The summed E-state index contributed by atoms with van der Waals surface area (Å²) < 4.78 is 5.53. The molecule has 0 radical (unpaired) electrons. The highest BCUT2D eigenvalue weighted by Gasteiger charge is 2.14. The summed E-state index contributed by atoms with van der Waals surface area (Å²) in [6.07, 6.45) is -0.461. The molecule has 0 aromatic carbocycles. The Bertz CT molecular complexity index is 306. The molecule has 2 N–H and O–H groups in total. The Kier molecular flexibility index (Phi) is 5.59. The molecule has 1 rings (SSSR count). The standard InChI is InChI=1S/C13H23NO2S/c1-10(12-6-5-7-17-12)14-8-11(15)9-16-13(2,3)4/h5-7,10-11,14-15H,8-9H2,1-4H3. The van der Waals surface area contributed by atoms with Gasteiger partial charge in [-0.2, -0.15) is 0 Å². The zero-order chi connectivity index (χ0) is 12.9. The van der Waals surface area contributed by atoms with Crippen molar-refractivity contribution in [3.63, 3.8) is 0 Å². The topological polar surface area (TPSA) is 41.5 Å². The molecule has 98 valence electrons. The van der Waals surface area contributed by atoms with Gasteiger partial charge in [0.2, 0.25) is 0 Å². The highest BCUT2D eigenvalue weighted by atomic mass is 32.1. The molecule has 1 aromatic heterocycles. The van der Waals surface area contributed by atoms with E-state index in [1.165, 1.54) is 4.88 Å². The fourth-order valence-corrected chi connectivity index (χ4v) is 2.12. The first-order valence-electron chi connectivity index (χ1n) is 5.97. The monoisotopic (exact) mass is 257 g/mol. The molecule has 2 unspecified atom stereocenters. The Balaban J connectivity index is 2.22. The second kappa shape index (κ2) is 6.50. The predicted octanol–water partition coefficient (Wildman–Crippen LogP) is 2.57. The van der Waals surface area contributed by atoms with Crippen molar-refractivity contribution in [3.8, 4) is 0 Å². The largest absolute Gasteiger partial charge is 0.389 e. The van der Waals surface area contributed by atoms with E-state index in [4.69, 9.17) is 4.74 Å². The SMILES string of the molecule is CC(NCC(O)COC(C)(C)C)c1cccs1. The first-order chi connectivity index (χ1) is 7.88. The normalized spacial score (nSPS) is 15.8. The summed E-state index contributed by atoms with van der Waals surface area (Å²) in [6, 6.07) is 4.41. The van der Waals surface area contributed by atoms with Crippen molar-refractivity contribution >= 4 is 11.3 Å². The molecule has 0 aliphatic rings. The molecule has 1 heterocycles. The van der Waals surface area contributed by atoms with Crippen LogP contribution in [0.2, 0.25) is 0 Å². The molecule has 17 heavy (non-hydrogen) atoms. The van der Waals surface area contributed by atoms with E-state index in [0.717, 1.165) is 0 Å². The molecule has 4 heteroatoms. The molecule has 0 saturated carbocycles. The van der Waals surface area contributed by atoms with Crippen LogP contribution in [0.5, 0.6) is 0 Å². The van der Waals surface area contributed by atoms with E-state index < -0.39 is 6.10 Å². The maximum atomic E-state index is 9.77. The molecule has 0 spiro atoms. The van der Waals surface area contributed by atoms with Gasteiger partial charge in [-0.05, 0) is 39.1 Å². The third-order valence-electron chi connectivity index (χ3n) is 2.34. The van der Waals surface area contributed by atoms with Crippen LogP contribution in [0.3, 0.4) is 0 Å². The van der Waals surface area contributed by atoms with Crippen LogP contribution >= 0.6 is 11.3 Å². The average molecular weight is 257 g/mol. The van der Waals surface area contributed by atoms with Crippen LogP contribution in [-0.4, -0.2) is 30.0 Å². The minimum absolute atomic E-state index is 0.194. The van der Waals surface area contributed by atoms with E-state index in [1.54, 1.807) is 11.3 Å². The fraction of sp³-hybridized carbons (Fsp3) is 0.692. The fourth-order valence-electron chi connectivity index (χ4n) is 1.36. The maximum absolute atomic E-state index is 9.77. The molecule has 0 aliphatic carbocycles. The van der Waals surface area contributed by atoms with Crippen LogP contribution in [0.25, 0.3) is 0 Å². The molecule has 0 bridgehead atoms. The summed E-state index contributed by atoms with van der Waals surface area (Å²) in [5.41, 5.74) is -0.194. The molecule has 0 aliphatic heterocycles. The van der Waals surface area contributed by atoms with Gasteiger partial charge in [-0.15, -0.1) is 11.3 Å². The van der Waals surface area contributed by atoms with Gasteiger partial charge < -0.3 is 15.2 Å². The lowest BCUT2D eigenvalue weighted by Crippen LogP contribution is -2.34. The van der Waals surface area contributed by atoms with Crippen molar-refractivity contribution < 1.29 is 9.84 Å². The molecular formula is C13H23NO2S. The molecule has 0 amide bonds. The van der Waals surface area contributed by atoms with Crippen molar-refractivity contribution in [1.29, 1.82) is 0 Å². The van der Waals surface area contributed by atoms with Crippen LogP contribution < -0.4 is 5.32 Å². The van der Waals surface area contributed by atoms with E-state index in [0.29, 0.717) is 13.2 Å². The van der Waals surface area contributed by atoms with Crippen molar-refractivity contribution in [3.05, 3.63) is 22.4 Å². The van der Waals surface area contributed by atoms with Gasteiger partial charge in [-0.25, -0.2) is 0 Å². The number of nitrogens with one attached hydrogen (secondary N) is 1. The smallest absolute Gasteiger partial charge is 0.0898 e. The minimum atomic E-state index is -0.461. The van der Waals surface area contributed by atoms with Crippen LogP contribution in [-0.2, 0) is 4.74 Å². The summed E-state index contributed by atoms with van der Waals surface area (Å²) in [5.74, 6) is 0. The van der Waals surface area contributed by atoms with Gasteiger partial charge in [0.05, 0.1) is 18.3 Å². The molecule has 2 atom stereocenters. The lowest BCUT2D eigenvalue weighted by molar-refractivity contribution is -0.0482. The van der Waals surface area contributed by atoms with Crippen LogP contribution in [0.1, 0.15) is 38.6 Å². The van der Waals surface area contributed by atoms with Crippen LogP contribution in [0.15, 0.2) is 17.5 Å². The number of hydrogen-bond acceptors (Lipinski definition) is 4. The summed E-state index contributed by atoms with van der Waals surface area (Å²) in [7, 11) is 0. The quantitative estimate of drug-likeness (QED) is 0.823. The summed E-state index contributed by atoms with van der Waals surface area (Å²) in [4.78, 5) is 1.29. The number of hydrogen-bond donors (Lipinski definition) is 2. The number of thiophene rings is 1. The highest BCUT2D eigenvalue weighted by molar-refractivity contribution is 7.10. The number of rotatable bonds is 6. The Labute approximate surface area is 108 Å². The van der Waals surface area contributed by atoms with E-state index in [9.17, 15) is 5.11 Å². The Morgan fingerprint density at radius 3 is 2.71 bits per heavy atom. The zero-order valence-electron chi connectivity index (χ0n) is 11.1. The van der Waals surface area contributed by atoms with Gasteiger partial charge in [-0.3, -0.25) is 0 Å². The second-order valence-electron chi connectivity index (χ2n) is 5.22. The lowest BCUT2D eigenvalue weighted by Gasteiger charge is -2.23. The number of aliphatic hydroxyl groups excluding tert-OH is 1. The molecule has 3 nitrogen and oxygen atoms in total. The summed E-state index contributed by atoms with van der Waals surface area (Å²) in [6.45, 7) is 8.98. The first-order valence-corrected chi connectivity index (χ1v) is 6.85. The first kappa shape index (κ1) is 14.6. The van der Waals surface area contributed by atoms with Crippen molar-refractivity contribution in [2.75, 3.05) is 13.2 Å². The van der Waals surface area contributed by atoms with Crippen molar-refractivity contribution in [2.45, 2.75) is 45.4 Å². The predicted molar refractivity (Wildman–Crippen MR) is 72.4 cm³/mol. The van der Waals surface area contributed by atoms with Gasteiger partial charge in [0.1, 0.15) is 0 Å². The average Bonchev–Trinajstić information content (AvgIpc) is 2.75. The summed E-state index contributed by atoms with van der Waals surface area (Å²) in [5, 5.41) is 15.1. The zero-order valence-corrected chi connectivity index (χ0v) is 11.9. The Morgan fingerprint density at radius 1 is 1.47 bits per heavy atom. The van der Waals surface area contributed by atoms with Gasteiger partial charge in [-0.1, -0.05) is 6.07 Å². The number of aliphatic hydroxyl groups is 1. The van der Waals surface area contributed by atoms with Crippen molar-refractivity contribution in [1.82, 2.24) is 5.32 Å². The minimum Gasteiger partial charge on any atom is -0.389 e. The van der Waals surface area contributed by atoms with E-state index >= 15 is 0 Å². The van der Waals surface area contributed by atoms with E-state index in [2.05, 4.69) is 23.7 Å². The molecule has 0 saturated heterocycles. The Morgan fingerprint density at radius 2 is 2.18 bits per heavy atom. The van der Waals surface area contributed by atoms with E-state index in [-0.39, 0.29) is 11.6 Å². The second-order valence-corrected chi connectivity index (χ2v) is 6.20. The lowest BCUT2D eigenvalue weighted by atomic mass is 10.2. The third kappa shape index (κ3) is 6.17. The number of ether oxygens (including phenoxy) is 1. The van der Waals surface area contributed by atoms with Gasteiger partial charge >= 0.3 is 0 Å². The van der Waals surface area contributed by atoms with Crippen LogP contribution in [0.4, 0.5) is 0 Å². The van der Waals surface area contributed by atoms with E-state index in [1.807, 2.05) is 26.8 Å². The highest BCUT2D eigenvalue weighted by Crippen LogP contribution is 2.17. The van der Waals surface area contributed by atoms with Gasteiger partial charge in [0.15, 0.2) is 0 Å². The molecule has 0 fully saturated rings. The summed E-state index contributed by atoms with van der Waals surface area (Å²) >= 11 is 1.72.